The molecule has 5 heteroatoms. The molecule has 0 saturated heterocycles. The largest absolute Gasteiger partial charge is 0.390 e. The molecule has 2 aromatic carbocycles. The van der Waals surface area contributed by atoms with Gasteiger partial charge in [0.05, 0.1) is 11.8 Å². The molecule has 0 radical (unpaired) electrons. The third kappa shape index (κ3) is 4.03. The number of para-hydroxylation sites is 1. The number of alkyl halides is 3. The van der Waals surface area contributed by atoms with Gasteiger partial charge in [-0.2, -0.15) is 17.7 Å². The van der Waals surface area contributed by atoms with Crippen LogP contribution >= 0.6 is 0 Å². The van der Waals surface area contributed by atoms with Crippen molar-refractivity contribution in [1.29, 1.82) is 0 Å². The number of allylic oxidation sites excluding steroid dienone is 4. The lowest BCUT2D eigenvalue weighted by molar-refractivity contribution is -0.401. The van der Waals surface area contributed by atoms with E-state index in [2.05, 4.69) is 69.7 Å². The number of hydrogen-bond acceptors (Lipinski definition) is 1. The highest BCUT2D eigenvalue weighted by molar-refractivity contribution is 6.03. The van der Waals surface area contributed by atoms with Crippen molar-refractivity contribution in [2.24, 2.45) is 0 Å². The van der Waals surface area contributed by atoms with Gasteiger partial charge >= 0.3 is 6.18 Å². The van der Waals surface area contributed by atoms with Crippen molar-refractivity contribution in [3.63, 3.8) is 0 Å². The van der Waals surface area contributed by atoms with Gasteiger partial charge in [-0.15, -0.1) is 0 Å². The van der Waals surface area contributed by atoms with Crippen molar-refractivity contribution in [3.05, 3.63) is 83.1 Å². The molecule has 2 aliphatic rings. The summed E-state index contributed by atoms with van der Waals surface area (Å²) in [6, 6.07) is 14.4. The van der Waals surface area contributed by atoms with Gasteiger partial charge in [0.2, 0.25) is 5.69 Å². The Morgan fingerprint density at radius 2 is 1.67 bits per heavy atom. The average Bonchev–Trinajstić information content (AvgIpc) is 3.05. The normalized spacial score (nSPS) is 20.2. The molecular formula is C28H32F3N2+. The smallest absolute Gasteiger partial charge is 0.344 e. The van der Waals surface area contributed by atoms with E-state index in [1.165, 1.54) is 11.3 Å². The maximum absolute atomic E-state index is 13.1. The summed E-state index contributed by atoms with van der Waals surface area (Å²) in [7, 11) is 2.06. The number of nitrogens with zero attached hydrogens (tertiary/aromatic N) is 2. The van der Waals surface area contributed by atoms with Gasteiger partial charge < -0.3 is 4.90 Å². The van der Waals surface area contributed by atoms with Gasteiger partial charge in [0, 0.05) is 41.1 Å². The van der Waals surface area contributed by atoms with Crippen molar-refractivity contribution >= 4 is 17.1 Å². The van der Waals surface area contributed by atoms with Crippen LogP contribution in [0.15, 0.2) is 66.4 Å². The quantitative estimate of drug-likeness (QED) is 0.444. The molecule has 2 nitrogen and oxygen atoms in total. The maximum atomic E-state index is 13.1. The number of benzene rings is 2. The first-order valence-electron chi connectivity index (χ1n) is 11.4. The summed E-state index contributed by atoms with van der Waals surface area (Å²) < 4.78 is 41.5. The topological polar surface area (TPSA) is 6.25 Å². The first-order chi connectivity index (χ1) is 15.3. The zero-order chi connectivity index (χ0) is 24.2. The standard InChI is InChI=1S/C28H32F3N2/c1-19-14-15-23-21(18-19)27(4,5)25(33(23)17-16-28(29,30)31)13-9-12-24-26(2,3)20-10-7-8-11-22(20)32(24)6/h7-15,18H,16-17H2,1-6H3/q+1. The molecule has 0 unspecified atom stereocenters. The second-order valence-electron chi connectivity index (χ2n) is 10.2. The fourth-order valence-corrected chi connectivity index (χ4v) is 5.30. The highest BCUT2D eigenvalue weighted by Gasteiger charge is 2.43. The zero-order valence-electron chi connectivity index (χ0n) is 20.2. The Balaban J connectivity index is 1.73. The van der Waals surface area contributed by atoms with E-state index in [4.69, 9.17) is 0 Å². The summed E-state index contributed by atoms with van der Waals surface area (Å²) in [5.74, 6) is 0. The summed E-state index contributed by atoms with van der Waals surface area (Å²) in [6.45, 7) is 10.5. The lowest BCUT2D eigenvalue weighted by Gasteiger charge is -2.27. The second kappa shape index (κ2) is 7.89. The minimum atomic E-state index is -4.20. The Morgan fingerprint density at radius 1 is 0.970 bits per heavy atom. The molecule has 0 bridgehead atoms. The van der Waals surface area contributed by atoms with Crippen molar-refractivity contribution < 1.29 is 17.7 Å². The average molecular weight is 454 g/mol. The predicted molar refractivity (Wildman–Crippen MR) is 130 cm³/mol. The highest BCUT2D eigenvalue weighted by atomic mass is 19.4. The Bertz CT molecular complexity index is 1180. The van der Waals surface area contributed by atoms with Crippen LogP contribution in [0.4, 0.5) is 24.5 Å². The summed E-state index contributed by atoms with van der Waals surface area (Å²) in [5.41, 5.74) is 7.02. The van der Waals surface area contributed by atoms with Gasteiger partial charge in [0.15, 0.2) is 5.71 Å². The van der Waals surface area contributed by atoms with E-state index in [-0.39, 0.29) is 17.4 Å². The number of rotatable bonds is 4. The van der Waals surface area contributed by atoms with Gasteiger partial charge in [-0.3, -0.25) is 0 Å². The third-order valence-electron chi connectivity index (χ3n) is 7.11. The van der Waals surface area contributed by atoms with Gasteiger partial charge in [0.25, 0.3) is 0 Å². The molecule has 33 heavy (non-hydrogen) atoms. The van der Waals surface area contributed by atoms with E-state index in [1.54, 1.807) is 0 Å². The number of halogens is 3. The van der Waals surface area contributed by atoms with Crippen molar-refractivity contribution in [3.8, 4) is 0 Å². The molecule has 0 amide bonds. The van der Waals surface area contributed by atoms with Gasteiger partial charge in [-0.1, -0.05) is 55.8 Å². The fraction of sp³-hybridized carbons (Fsp3) is 0.393. The molecule has 0 fully saturated rings. The Kier molecular flexibility index (Phi) is 5.58. The lowest BCUT2D eigenvalue weighted by Crippen LogP contribution is -2.29. The molecule has 0 atom stereocenters. The molecule has 0 aromatic heterocycles. The summed E-state index contributed by atoms with van der Waals surface area (Å²) in [4.78, 5) is 1.84. The fourth-order valence-electron chi connectivity index (χ4n) is 5.30. The summed E-state index contributed by atoms with van der Waals surface area (Å²) in [5, 5.41) is 0. The van der Waals surface area contributed by atoms with Crippen LogP contribution < -0.4 is 4.90 Å². The third-order valence-corrected chi connectivity index (χ3v) is 7.11. The highest BCUT2D eigenvalue weighted by Crippen LogP contribution is 2.48. The van der Waals surface area contributed by atoms with Gasteiger partial charge in [-0.05, 0) is 38.5 Å². The molecule has 2 heterocycles. The van der Waals surface area contributed by atoms with Crippen molar-refractivity contribution in [2.45, 2.75) is 58.0 Å². The van der Waals surface area contributed by atoms with Gasteiger partial charge in [-0.25, -0.2) is 0 Å². The molecule has 0 saturated carbocycles. The molecule has 0 N–H and O–H groups in total. The van der Waals surface area contributed by atoms with Gasteiger partial charge in [0.1, 0.15) is 7.05 Å². The number of aryl methyl sites for hydroxylation is 1. The maximum Gasteiger partial charge on any atom is 0.390 e. The van der Waals surface area contributed by atoms with Crippen LogP contribution in [0.3, 0.4) is 0 Å². The van der Waals surface area contributed by atoms with E-state index >= 15 is 0 Å². The minimum Gasteiger partial charge on any atom is -0.344 e. The van der Waals surface area contributed by atoms with E-state index < -0.39 is 12.6 Å². The molecular weight excluding hydrogens is 421 g/mol. The first-order valence-corrected chi connectivity index (χ1v) is 11.4. The van der Waals surface area contributed by atoms with Crippen LogP contribution in [-0.4, -0.2) is 30.1 Å². The van der Waals surface area contributed by atoms with Crippen LogP contribution in [0.25, 0.3) is 0 Å². The Morgan fingerprint density at radius 3 is 2.33 bits per heavy atom. The number of fused-ring (bicyclic) bond motifs is 2. The van der Waals surface area contributed by atoms with E-state index in [1.807, 2.05) is 42.2 Å². The van der Waals surface area contributed by atoms with E-state index in [0.29, 0.717) is 0 Å². The molecule has 2 aliphatic heterocycles. The number of anilines is 1. The minimum absolute atomic E-state index is 0.0872. The van der Waals surface area contributed by atoms with Crippen LogP contribution in [0, 0.1) is 6.92 Å². The summed E-state index contributed by atoms with van der Waals surface area (Å²) >= 11 is 0. The van der Waals surface area contributed by atoms with Crippen LogP contribution in [0.5, 0.6) is 0 Å². The lowest BCUT2D eigenvalue weighted by atomic mass is 9.81. The van der Waals surface area contributed by atoms with Crippen LogP contribution in [-0.2, 0) is 10.8 Å². The van der Waals surface area contributed by atoms with Crippen LogP contribution in [0.2, 0.25) is 0 Å². The molecule has 0 aliphatic carbocycles. The zero-order valence-corrected chi connectivity index (χ0v) is 20.2. The van der Waals surface area contributed by atoms with Crippen molar-refractivity contribution in [1.82, 2.24) is 0 Å². The van der Waals surface area contributed by atoms with Crippen LogP contribution in [0.1, 0.15) is 50.8 Å². The molecule has 4 rings (SSSR count). The molecule has 2 aromatic rings. The second-order valence-corrected chi connectivity index (χ2v) is 10.2. The monoisotopic (exact) mass is 453 g/mol. The molecule has 0 spiro atoms. The van der Waals surface area contributed by atoms with E-state index in [0.717, 1.165) is 28.2 Å². The SMILES string of the molecule is Cc1ccc2c(c1)C(C)(C)C(=CC=CC1=[N+](C)c3ccccc3C1(C)C)N2CCC(F)(F)F. The number of hydrogen-bond donors (Lipinski definition) is 0. The Hall–Kier alpha value is -2.82. The first kappa shape index (κ1) is 23.3. The Labute approximate surface area is 194 Å². The van der Waals surface area contributed by atoms with E-state index in [9.17, 15) is 13.2 Å². The molecule has 174 valence electrons. The summed E-state index contributed by atoms with van der Waals surface area (Å²) in [6.07, 6.45) is 1.04. The predicted octanol–water partition coefficient (Wildman–Crippen LogP) is 7.19. The van der Waals surface area contributed by atoms with Crippen molar-refractivity contribution in [2.75, 3.05) is 18.5 Å².